The number of hydrogen-bond acceptors (Lipinski definition) is 4. The molecule has 4 rings (SSSR count). The molecule has 0 aliphatic carbocycles. The van der Waals surface area contributed by atoms with Gasteiger partial charge >= 0.3 is 5.97 Å². The predicted molar refractivity (Wildman–Crippen MR) is 112 cm³/mol. The average Bonchev–Trinajstić information content (AvgIpc) is 3.11. The maximum atomic E-state index is 12.4. The second kappa shape index (κ2) is 7.65. The van der Waals surface area contributed by atoms with Crippen LogP contribution >= 0.6 is 0 Å². The van der Waals surface area contributed by atoms with Crippen molar-refractivity contribution < 1.29 is 13.9 Å². The van der Waals surface area contributed by atoms with E-state index in [2.05, 4.69) is 12.1 Å². The summed E-state index contributed by atoms with van der Waals surface area (Å²) in [5, 5.41) is 9.87. The SMILES string of the molecule is Cc1cc(C)c2c(CC(=O)Oc3ccc(-c4ccc(C#N)cc4)cc3)coc2c1. The summed E-state index contributed by atoms with van der Waals surface area (Å²) in [4.78, 5) is 12.4. The van der Waals surface area contributed by atoms with Crippen LogP contribution in [0.3, 0.4) is 0 Å². The van der Waals surface area contributed by atoms with Crippen molar-refractivity contribution in [2.75, 3.05) is 0 Å². The Morgan fingerprint density at radius 1 is 1.00 bits per heavy atom. The van der Waals surface area contributed by atoms with Crippen LogP contribution in [0.5, 0.6) is 5.75 Å². The van der Waals surface area contributed by atoms with Gasteiger partial charge in [-0.1, -0.05) is 30.3 Å². The van der Waals surface area contributed by atoms with Gasteiger partial charge in [0, 0.05) is 10.9 Å². The number of fused-ring (bicyclic) bond motifs is 1. The number of rotatable bonds is 4. The van der Waals surface area contributed by atoms with Crippen LogP contribution in [-0.4, -0.2) is 5.97 Å². The van der Waals surface area contributed by atoms with Crippen LogP contribution in [0.2, 0.25) is 0 Å². The lowest BCUT2D eigenvalue weighted by atomic mass is 10.0. The third kappa shape index (κ3) is 3.90. The highest BCUT2D eigenvalue weighted by Crippen LogP contribution is 2.27. The van der Waals surface area contributed by atoms with E-state index >= 15 is 0 Å². The first-order valence-electron chi connectivity index (χ1n) is 9.32. The van der Waals surface area contributed by atoms with Crippen molar-refractivity contribution in [2.24, 2.45) is 0 Å². The monoisotopic (exact) mass is 381 g/mol. The lowest BCUT2D eigenvalue weighted by Gasteiger charge is -2.06. The molecule has 1 aromatic heterocycles. The molecule has 0 saturated heterocycles. The molecule has 29 heavy (non-hydrogen) atoms. The van der Waals surface area contributed by atoms with Crippen LogP contribution in [0, 0.1) is 25.2 Å². The molecular weight excluding hydrogens is 362 g/mol. The highest BCUT2D eigenvalue weighted by molar-refractivity contribution is 5.89. The zero-order chi connectivity index (χ0) is 20.4. The maximum absolute atomic E-state index is 12.4. The molecule has 4 heteroatoms. The van der Waals surface area contributed by atoms with Crippen molar-refractivity contribution in [2.45, 2.75) is 20.3 Å². The molecule has 1 heterocycles. The molecule has 4 aromatic rings. The Bertz CT molecular complexity index is 1230. The third-order valence-corrected chi connectivity index (χ3v) is 4.86. The van der Waals surface area contributed by atoms with Crippen molar-refractivity contribution in [3.8, 4) is 22.9 Å². The van der Waals surface area contributed by atoms with Gasteiger partial charge in [-0.05, 0) is 66.4 Å². The number of nitrogens with zero attached hydrogens (tertiary/aromatic N) is 1. The molecule has 3 aromatic carbocycles. The Balaban J connectivity index is 1.47. The number of carbonyl (C=O) groups excluding carboxylic acids is 1. The van der Waals surface area contributed by atoms with Gasteiger partial charge in [0.1, 0.15) is 11.3 Å². The van der Waals surface area contributed by atoms with Gasteiger partial charge in [0.05, 0.1) is 24.3 Å². The molecule has 142 valence electrons. The van der Waals surface area contributed by atoms with Crippen LogP contribution in [-0.2, 0) is 11.2 Å². The molecule has 0 spiro atoms. The molecule has 0 fully saturated rings. The van der Waals surface area contributed by atoms with Crippen LogP contribution in [0.4, 0.5) is 0 Å². The number of ether oxygens (including phenoxy) is 1. The second-order valence-electron chi connectivity index (χ2n) is 7.08. The summed E-state index contributed by atoms with van der Waals surface area (Å²) in [5.41, 5.74) is 6.44. The first-order chi connectivity index (χ1) is 14.0. The Hall–Kier alpha value is -3.84. The largest absolute Gasteiger partial charge is 0.464 e. The summed E-state index contributed by atoms with van der Waals surface area (Å²) in [7, 11) is 0. The summed E-state index contributed by atoms with van der Waals surface area (Å²) in [5.74, 6) is 0.159. The number of furan rings is 1. The van der Waals surface area contributed by atoms with Crippen molar-refractivity contribution in [1.82, 2.24) is 0 Å². The predicted octanol–water partition coefficient (Wildman–Crippen LogP) is 5.74. The Morgan fingerprint density at radius 2 is 1.66 bits per heavy atom. The zero-order valence-corrected chi connectivity index (χ0v) is 16.2. The molecule has 0 aliphatic heterocycles. The molecule has 0 saturated carbocycles. The summed E-state index contributed by atoms with van der Waals surface area (Å²) < 4.78 is 11.1. The van der Waals surface area contributed by atoms with Crippen LogP contribution in [0.1, 0.15) is 22.3 Å². The van der Waals surface area contributed by atoms with Gasteiger partial charge in [0.15, 0.2) is 0 Å². The van der Waals surface area contributed by atoms with Crippen LogP contribution in [0.15, 0.2) is 71.3 Å². The van der Waals surface area contributed by atoms with E-state index in [0.717, 1.165) is 38.8 Å². The first kappa shape index (κ1) is 18.5. The minimum Gasteiger partial charge on any atom is -0.464 e. The van der Waals surface area contributed by atoms with E-state index in [1.54, 1.807) is 30.5 Å². The van der Waals surface area contributed by atoms with Gasteiger partial charge in [-0.3, -0.25) is 4.79 Å². The second-order valence-corrected chi connectivity index (χ2v) is 7.08. The average molecular weight is 381 g/mol. The van der Waals surface area contributed by atoms with Crippen molar-refractivity contribution >= 4 is 16.9 Å². The molecule has 0 amide bonds. The van der Waals surface area contributed by atoms with Gasteiger partial charge in [-0.15, -0.1) is 0 Å². The Morgan fingerprint density at radius 3 is 2.31 bits per heavy atom. The number of carbonyl (C=O) groups is 1. The molecule has 0 N–H and O–H groups in total. The standard InChI is InChI=1S/C25H19NO3/c1-16-11-17(2)25-21(15-28-23(25)12-16)13-24(27)29-22-9-7-20(8-10-22)19-5-3-18(14-26)4-6-19/h3-12,15H,13H2,1-2H3. The van der Waals surface area contributed by atoms with Gasteiger partial charge < -0.3 is 9.15 Å². The highest BCUT2D eigenvalue weighted by atomic mass is 16.5. The van der Waals surface area contributed by atoms with Crippen molar-refractivity contribution in [3.63, 3.8) is 0 Å². The van der Waals surface area contributed by atoms with E-state index in [4.69, 9.17) is 14.4 Å². The Kier molecular flexibility index (Phi) is 4.88. The normalized spacial score (nSPS) is 10.7. The Labute approximate surface area is 169 Å². The lowest BCUT2D eigenvalue weighted by Crippen LogP contribution is -2.11. The van der Waals surface area contributed by atoms with Crippen molar-refractivity contribution in [3.05, 3.63) is 89.2 Å². The number of aryl methyl sites for hydroxylation is 2. The molecule has 0 bridgehead atoms. The molecule has 0 aliphatic rings. The minimum atomic E-state index is -0.334. The fourth-order valence-electron chi connectivity index (χ4n) is 3.53. The summed E-state index contributed by atoms with van der Waals surface area (Å²) >= 11 is 0. The molecule has 0 radical (unpaired) electrons. The van der Waals surface area contributed by atoms with E-state index in [0.29, 0.717) is 11.3 Å². The van der Waals surface area contributed by atoms with Gasteiger partial charge in [0.2, 0.25) is 0 Å². The third-order valence-electron chi connectivity index (χ3n) is 4.86. The van der Waals surface area contributed by atoms with Gasteiger partial charge in [-0.25, -0.2) is 0 Å². The number of benzene rings is 3. The van der Waals surface area contributed by atoms with Gasteiger partial charge in [-0.2, -0.15) is 5.26 Å². The van der Waals surface area contributed by atoms with E-state index < -0.39 is 0 Å². The van der Waals surface area contributed by atoms with Crippen LogP contribution < -0.4 is 4.74 Å². The summed E-state index contributed by atoms with van der Waals surface area (Å²) in [6, 6.07) is 20.8. The molecule has 4 nitrogen and oxygen atoms in total. The number of nitriles is 1. The maximum Gasteiger partial charge on any atom is 0.315 e. The molecule has 0 atom stereocenters. The fraction of sp³-hybridized carbons (Fsp3) is 0.120. The smallest absolute Gasteiger partial charge is 0.315 e. The fourth-order valence-corrected chi connectivity index (χ4v) is 3.53. The zero-order valence-electron chi connectivity index (χ0n) is 16.2. The van der Waals surface area contributed by atoms with E-state index in [9.17, 15) is 4.79 Å². The molecule has 0 unspecified atom stereocenters. The number of hydrogen-bond donors (Lipinski definition) is 0. The van der Waals surface area contributed by atoms with E-state index in [1.807, 2.05) is 44.2 Å². The topological polar surface area (TPSA) is 63.2 Å². The minimum absolute atomic E-state index is 0.147. The summed E-state index contributed by atoms with van der Waals surface area (Å²) in [6.07, 6.45) is 1.78. The van der Waals surface area contributed by atoms with Crippen LogP contribution in [0.25, 0.3) is 22.1 Å². The number of esters is 1. The summed E-state index contributed by atoms with van der Waals surface area (Å²) in [6.45, 7) is 4.03. The van der Waals surface area contributed by atoms with E-state index in [-0.39, 0.29) is 12.4 Å². The lowest BCUT2D eigenvalue weighted by molar-refractivity contribution is -0.133. The highest BCUT2D eigenvalue weighted by Gasteiger charge is 2.14. The van der Waals surface area contributed by atoms with Gasteiger partial charge in [0.25, 0.3) is 0 Å². The quantitative estimate of drug-likeness (QED) is 0.334. The van der Waals surface area contributed by atoms with E-state index in [1.165, 1.54) is 0 Å². The van der Waals surface area contributed by atoms with Crippen molar-refractivity contribution in [1.29, 1.82) is 5.26 Å². The molecular formula is C25H19NO3. The first-order valence-corrected chi connectivity index (χ1v) is 9.32.